The Hall–Kier alpha value is -1.12. The Bertz CT molecular complexity index is 287. The minimum atomic E-state index is -2.74. The molecule has 0 bridgehead atoms. The van der Waals surface area contributed by atoms with E-state index in [-0.39, 0.29) is 0 Å². The summed E-state index contributed by atoms with van der Waals surface area (Å²) in [6.07, 6.45) is 4.05. The lowest BCUT2D eigenvalue weighted by Gasteiger charge is -2.09. The van der Waals surface area contributed by atoms with Crippen molar-refractivity contribution in [3.05, 3.63) is 29.8 Å². The standard InChI is InChI=1S/C12H16F2O/c1-2-3-4-7-10-8-5-6-9-11(10)15-12(13)14/h5-6,8-9,12H,2-4,7H2,1H3. The van der Waals surface area contributed by atoms with Crippen LogP contribution in [-0.2, 0) is 6.42 Å². The van der Waals surface area contributed by atoms with Crippen LogP contribution in [0.2, 0.25) is 0 Å². The van der Waals surface area contributed by atoms with Gasteiger partial charge in [-0.05, 0) is 24.5 Å². The largest absolute Gasteiger partial charge is 0.435 e. The van der Waals surface area contributed by atoms with Gasteiger partial charge in [0.05, 0.1) is 0 Å². The molecule has 0 spiro atoms. The molecular formula is C12H16F2O. The number of unbranched alkanes of at least 4 members (excludes halogenated alkanes) is 2. The molecule has 0 N–H and O–H groups in total. The first-order valence-corrected chi connectivity index (χ1v) is 5.26. The van der Waals surface area contributed by atoms with Crippen LogP contribution in [0.4, 0.5) is 8.78 Å². The van der Waals surface area contributed by atoms with E-state index < -0.39 is 6.61 Å². The zero-order valence-corrected chi connectivity index (χ0v) is 8.88. The van der Waals surface area contributed by atoms with E-state index in [1.54, 1.807) is 12.1 Å². The van der Waals surface area contributed by atoms with Crippen molar-refractivity contribution in [1.29, 1.82) is 0 Å². The lowest BCUT2D eigenvalue weighted by molar-refractivity contribution is -0.0504. The monoisotopic (exact) mass is 214 g/mol. The minimum Gasteiger partial charge on any atom is -0.435 e. The van der Waals surface area contributed by atoms with E-state index in [1.807, 2.05) is 12.1 Å². The third-order valence-corrected chi connectivity index (χ3v) is 2.24. The highest BCUT2D eigenvalue weighted by atomic mass is 19.3. The molecule has 0 unspecified atom stereocenters. The number of ether oxygens (including phenoxy) is 1. The number of rotatable bonds is 6. The van der Waals surface area contributed by atoms with Gasteiger partial charge in [0.25, 0.3) is 0 Å². The van der Waals surface area contributed by atoms with Gasteiger partial charge in [-0.25, -0.2) is 0 Å². The van der Waals surface area contributed by atoms with E-state index in [9.17, 15) is 8.78 Å². The molecule has 84 valence electrons. The molecule has 0 atom stereocenters. The first kappa shape index (κ1) is 12.0. The van der Waals surface area contributed by atoms with Crippen LogP contribution in [0, 0.1) is 0 Å². The van der Waals surface area contributed by atoms with Crippen LogP contribution >= 0.6 is 0 Å². The van der Waals surface area contributed by atoms with Crippen molar-refractivity contribution in [2.24, 2.45) is 0 Å². The van der Waals surface area contributed by atoms with Crippen molar-refractivity contribution in [2.45, 2.75) is 39.2 Å². The smallest absolute Gasteiger partial charge is 0.387 e. The maximum atomic E-state index is 12.1. The Labute approximate surface area is 89.1 Å². The van der Waals surface area contributed by atoms with Gasteiger partial charge in [-0.1, -0.05) is 38.0 Å². The molecule has 3 heteroatoms. The summed E-state index contributed by atoms with van der Waals surface area (Å²) in [6.45, 7) is -0.626. The van der Waals surface area contributed by atoms with E-state index >= 15 is 0 Å². The van der Waals surface area contributed by atoms with E-state index in [2.05, 4.69) is 11.7 Å². The number of alkyl halides is 2. The van der Waals surface area contributed by atoms with Gasteiger partial charge in [-0.3, -0.25) is 0 Å². The molecule has 1 nitrogen and oxygen atoms in total. The highest BCUT2D eigenvalue weighted by Crippen LogP contribution is 2.22. The van der Waals surface area contributed by atoms with Gasteiger partial charge in [0, 0.05) is 0 Å². The molecule has 0 amide bonds. The number of hydrogen-bond acceptors (Lipinski definition) is 1. The molecule has 0 aliphatic heterocycles. The predicted molar refractivity (Wildman–Crippen MR) is 56.3 cm³/mol. The first-order chi connectivity index (χ1) is 7.24. The second-order valence-corrected chi connectivity index (χ2v) is 3.44. The SMILES string of the molecule is CCCCCc1ccccc1OC(F)F. The number of benzene rings is 1. The van der Waals surface area contributed by atoms with E-state index in [0.717, 1.165) is 31.2 Å². The predicted octanol–water partition coefficient (Wildman–Crippen LogP) is 4.02. The molecule has 0 aliphatic rings. The van der Waals surface area contributed by atoms with Gasteiger partial charge < -0.3 is 4.74 Å². The Morgan fingerprint density at radius 3 is 2.60 bits per heavy atom. The quantitative estimate of drug-likeness (QED) is 0.650. The second kappa shape index (κ2) is 6.38. The number of para-hydroxylation sites is 1. The third kappa shape index (κ3) is 4.28. The second-order valence-electron chi connectivity index (χ2n) is 3.44. The first-order valence-electron chi connectivity index (χ1n) is 5.26. The summed E-state index contributed by atoms with van der Waals surface area (Å²) in [5.74, 6) is 0.309. The zero-order valence-electron chi connectivity index (χ0n) is 8.88. The van der Waals surface area contributed by atoms with Crippen molar-refractivity contribution in [3.63, 3.8) is 0 Å². The maximum Gasteiger partial charge on any atom is 0.387 e. The fourth-order valence-electron chi connectivity index (χ4n) is 1.49. The van der Waals surface area contributed by atoms with Crippen molar-refractivity contribution in [2.75, 3.05) is 0 Å². The summed E-state index contributed by atoms with van der Waals surface area (Å²) in [7, 11) is 0. The summed E-state index contributed by atoms with van der Waals surface area (Å²) >= 11 is 0. The molecule has 1 rings (SSSR count). The molecule has 0 fully saturated rings. The van der Waals surface area contributed by atoms with Crippen molar-refractivity contribution in [1.82, 2.24) is 0 Å². The molecule has 0 aliphatic carbocycles. The lowest BCUT2D eigenvalue weighted by Crippen LogP contribution is -2.04. The zero-order chi connectivity index (χ0) is 11.1. The van der Waals surface area contributed by atoms with Crippen LogP contribution in [0.15, 0.2) is 24.3 Å². The molecule has 0 aromatic heterocycles. The molecule has 0 saturated carbocycles. The van der Waals surface area contributed by atoms with Crippen molar-refractivity contribution in [3.8, 4) is 5.75 Å². The van der Waals surface area contributed by atoms with Crippen LogP contribution in [0.1, 0.15) is 31.7 Å². The van der Waals surface area contributed by atoms with Crippen LogP contribution < -0.4 is 4.74 Å². The number of aryl methyl sites for hydroxylation is 1. The van der Waals surface area contributed by atoms with Gasteiger partial charge in [0.2, 0.25) is 0 Å². The molecule has 1 aromatic carbocycles. The molecule has 1 aromatic rings. The summed E-state index contributed by atoms with van der Waals surface area (Å²) in [5.41, 5.74) is 0.867. The van der Waals surface area contributed by atoms with E-state index in [0.29, 0.717) is 5.75 Å². The Morgan fingerprint density at radius 2 is 1.93 bits per heavy atom. The van der Waals surface area contributed by atoms with Crippen LogP contribution in [-0.4, -0.2) is 6.61 Å². The molecule has 0 saturated heterocycles. The van der Waals surface area contributed by atoms with Crippen LogP contribution in [0.5, 0.6) is 5.75 Å². The highest BCUT2D eigenvalue weighted by Gasteiger charge is 2.08. The summed E-state index contributed by atoms with van der Waals surface area (Å²) in [6, 6.07) is 6.99. The molecule has 15 heavy (non-hydrogen) atoms. The average Bonchev–Trinajstić information content (AvgIpc) is 2.20. The topological polar surface area (TPSA) is 9.23 Å². The maximum absolute atomic E-state index is 12.1. The van der Waals surface area contributed by atoms with Crippen molar-refractivity contribution < 1.29 is 13.5 Å². The van der Waals surface area contributed by atoms with Crippen LogP contribution in [0.3, 0.4) is 0 Å². The fraction of sp³-hybridized carbons (Fsp3) is 0.500. The average molecular weight is 214 g/mol. The van der Waals surface area contributed by atoms with Crippen LogP contribution in [0.25, 0.3) is 0 Å². The van der Waals surface area contributed by atoms with E-state index in [1.165, 1.54) is 0 Å². The van der Waals surface area contributed by atoms with Gasteiger partial charge in [-0.2, -0.15) is 8.78 Å². The van der Waals surface area contributed by atoms with E-state index in [4.69, 9.17) is 0 Å². The third-order valence-electron chi connectivity index (χ3n) is 2.24. The Kier molecular flexibility index (Phi) is 5.08. The van der Waals surface area contributed by atoms with Gasteiger partial charge >= 0.3 is 6.61 Å². The van der Waals surface area contributed by atoms with Gasteiger partial charge in [0.15, 0.2) is 0 Å². The Morgan fingerprint density at radius 1 is 1.20 bits per heavy atom. The molecule has 0 heterocycles. The van der Waals surface area contributed by atoms with Gasteiger partial charge in [-0.15, -0.1) is 0 Å². The normalized spacial score (nSPS) is 10.7. The summed E-state index contributed by atoms with van der Waals surface area (Å²) in [5, 5.41) is 0. The Balaban J connectivity index is 2.60. The van der Waals surface area contributed by atoms with Gasteiger partial charge in [0.1, 0.15) is 5.75 Å². The summed E-state index contributed by atoms with van der Waals surface area (Å²) in [4.78, 5) is 0. The molecule has 0 radical (unpaired) electrons. The lowest BCUT2D eigenvalue weighted by atomic mass is 10.1. The number of halogens is 2. The summed E-state index contributed by atoms with van der Waals surface area (Å²) < 4.78 is 28.6. The number of hydrogen-bond donors (Lipinski definition) is 0. The molecular weight excluding hydrogens is 198 g/mol. The highest BCUT2D eigenvalue weighted by molar-refractivity contribution is 5.33. The minimum absolute atomic E-state index is 0.309. The van der Waals surface area contributed by atoms with Crippen molar-refractivity contribution >= 4 is 0 Å². The fourth-order valence-corrected chi connectivity index (χ4v) is 1.49.